The molecule has 4 aromatic heterocycles. The molecule has 0 atom stereocenters. The van der Waals surface area contributed by atoms with Gasteiger partial charge in [0.15, 0.2) is 0 Å². The number of rotatable bonds is 4. The van der Waals surface area contributed by atoms with E-state index in [1.54, 1.807) is 0 Å². The Hall–Kier alpha value is -10.4. The molecule has 0 N–H and O–H groups in total. The molecule has 2 aliphatic rings. The zero-order valence-electron chi connectivity index (χ0n) is 46.1. The monoisotopic (exact) mass is 1050 g/mol. The fraction of sp³-hybridized carbons (Fsp3) is 0.0513. The quantitative estimate of drug-likeness (QED) is 0.157. The maximum Gasteiger partial charge on any atom is 0.244 e. The predicted molar refractivity (Wildman–Crippen MR) is 353 cm³/mol. The Bertz CT molecular complexity index is 5310. The van der Waals surface area contributed by atoms with Gasteiger partial charge in [-0.3, -0.25) is 0 Å². The predicted octanol–water partition coefficient (Wildman–Crippen LogP) is 18.2. The zero-order valence-corrected chi connectivity index (χ0v) is 46.1. The second-order valence-corrected chi connectivity index (χ2v) is 24.3. The molecular formula is C78H51BN4. The van der Waals surface area contributed by atoms with Gasteiger partial charge in [0.25, 0.3) is 0 Å². The molecule has 0 amide bonds. The molecule has 386 valence electrons. The lowest BCUT2D eigenvalue weighted by molar-refractivity contribution is 0.591. The van der Waals surface area contributed by atoms with E-state index in [-0.39, 0.29) is 12.1 Å². The molecule has 0 spiro atoms. The van der Waals surface area contributed by atoms with Gasteiger partial charge < -0.3 is 18.3 Å². The highest BCUT2D eigenvalue weighted by Crippen LogP contribution is 2.52. The summed E-state index contributed by atoms with van der Waals surface area (Å²) in [7, 11) is 0. The van der Waals surface area contributed by atoms with Gasteiger partial charge in [-0.15, -0.1) is 0 Å². The normalized spacial score (nSPS) is 13.0. The molecule has 0 bridgehead atoms. The number of para-hydroxylation sites is 8. The van der Waals surface area contributed by atoms with Crippen LogP contribution in [0.3, 0.4) is 0 Å². The van der Waals surface area contributed by atoms with Crippen molar-refractivity contribution >= 4 is 132 Å². The van der Waals surface area contributed by atoms with E-state index in [9.17, 15) is 0 Å². The molecule has 0 radical (unpaired) electrons. The summed E-state index contributed by atoms with van der Waals surface area (Å²) in [6.45, 7) is 7.05. The SMILES string of the molecule is CC(C)(C)c1cc2c3c(c1)-c1cc4c(c5ccccc5n4-c4ccccc4)c4c1c(cc1c4c4ccccc4n1-c1ccccc1)B3c1cc3c(c4ccccc4n3-c3ccccc3)c3c1c-2cc1c3c2ccccc2n1-c1ccccc1. The second-order valence-electron chi connectivity index (χ2n) is 24.3. The third kappa shape index (κ3) is 5.85. The van der Waals surface area contributed by atoms with Crippen molar-refractivity contribution in [2.75, 3.05) is 0 Å². The van der Waals surface area contributed by atoms with Crippen molar-refractivity contribution in [2.24, 2.45) is 0 Å². The first-order valence-electron chi connectivity index (χ1n) is 29.2. The van der Waals surface area contributed by atoms with Crippen molar-refractivity contribution in [3.05, 3.63) is 260 Å². The second kappa shape index (κ2) is 16.2. The Kier molecular flexibility index (Phi) is 8.85. The molecule has 0 aliphatic carbocycles. The molecule has 19 rings (SSSR count). The molecule has 2 aliphatic heterocycles. The molecular weight excluding hydrogens is 1000 g/mol. The maximum absolute atomic E-state index is 2.64. The highest BCUT2D eigenvalue weighted by molar-refractivity contribution is 7.02. The average molecular weight is 1060 g/mol. The van der Waals surface area contributed by atoms with E-state index in [2.05, 4.69) is 294 Å². The Morgan fingerprint density at radius 1 is 0.253 bits per heavy atom. The highest BCUT2D eigenvalue weighted by atomic mass is 15.0. The van der Waals surface area contributed by atoms with Crippen molar-refractivity contribution in [3.63, 3.8) is 0 Å². The summed E-state index contributed by atoms with van der Waals surface area (Å²) < 4.78 is 10.2. The number of hydrogen-bond donors (Lipinski definition) is 0. The van der Waals surface area contributed by atoms with Crippen LogP contribution < -0.4 is 16.4 Å². The molecule has 17 aromatic rings. The van der Waals surface area contributed by atoms with Crippen molar-refractivity contribution in [1.82, 2.24) is 18.3 Å². The first-order valence-corrected chi connectivity index (χ1v) is 29.2. The van der Waals surface area contributed by atoms with Crippen LogP contribution in [0.25, 0.3) is 154 Å². The molecule has 13 aromatic carbocycles. The van der Waals surface area contributed by atoms with Gasteiger partial charge in [-0.05, 0) is 141 Å². The summed E-state index contributed by atoms with van der Waals surface area (Å²) in [5.74, 6) is 0. The van der Waals surface area contributed by atoms with Gasteiger partial charge >= 0.3 is 0 Å². The van der Waals surface area contributed by atoms with E-state index in [0.717, 1.165) is 22.7 Å². The minimum absolute atomic E-state index is 0.142. The molecule has 0 saturated carbocycles. The van der Waals surface area contributed by atoms with Crippen molar-refractivity contribution in [1.29, 1.82) is 0 Å². The third-order valence-corrected chi connectivity index (χ3v) is 19.0. The Labute approximate surface area is 479 Å². The van der Waals surface area contributed by atoms with Crippen molar-refractivity contribution in [2.45, 2.75) is 26.2 Å². The summed E-state index contributed by atoms with van der Waals surface area (Å²) >= 11 is 0. The van der Waals surface area contributed by atoms with E-state index in [1.807, 2.05) is 0 Å². The van der Waals surface area contributed by atoms with Crippen LogP contribution >= 0.6 is 0 Å². The lowest BCUT2D eigenvalue weighted by atomic mass is 9.30. The number of fused-ring (bicyclic) bond motifs is 20. The van der Waals surface area contributed by atoms with E-state index < -0.39 is 0 Å². The summed E-state index contributed by atoms with van der Waals surface area (Å²) in [6.07, 6.45) is 0. The van der Waals surface area contributed by atoms with E-state index in [1.165, 1.54) is 153 Å². The topological polar surface area (TPSA) is 19.7 Å². The number of nitrogens with zero attached hydrogens (tertiary/aromatic N) is 4. The van der Waals surface area contributed by atoms with Crippen LogP contribution in [0, 0.1) is 0 Å². The van der Waals surface area contributed by atoms with Crippen LogP contribution in [0.15, 0.2) is 255 Å². The Morgan fingerprint density at radius 3 is 0.831 bits per heavy atom. The van der Waals surface area contributed by atoms with E-state index >= 15 is 0 Å². The molecule has 6 heterocycles. The molecule has 0 saturated heterocycles. The molecule has 83 heavy (non-hydrogen) atoms. The highest BCUT2D eigenvalue weighted by Gasteiger charge is 2.43. The van der Waals surface area contributed by atoms with Gasteiger partial charge in [-0.1, -0.05) is 195 Å². The lowest BCUT2D eigenvalue weighted by Crippen LogP contribution is -2.57. The smallest absolute Gasteiger partial charge is 0.244 e. The molecule has 0 unspecified atom stereocenters. The van der Waals surface area contributed by atoms with Crippen LogP contribution in [-0.2, 0) is 5.41 Å². The zero-order chi connectivity index (χ0) is 54.6. The van der Waals surface area contributed by atoms with Gasteiger partial charge in [0, 0.05) is 76.6 Å². The fourth-order valence-electron chi connectivity index (χ4n) is 15.7. The maximum atomic E-state index is 2.64. The summed E-state index contributed by atoms with van der Waals surface area (Å²) in [6, 6.07) is 96.5. The largest absolute Gasteiger partial charge is 0.309 e. The first-order chi connectivity index (χ1) is 40.9. The average Bonchev–Trinajstić information content (AvgIpc) is 1.79. The summed E-state index contributed by atoms with van der Waals surface area (Å²) in [4.78, 5) is 0. The number of aromatic nitrogens is 4. The van der Waals surface area contributed by atoms with Crippen molar-refractivity contribution < 1.29 is 0 Å². The molecule has 0 fully saturated rings. The van der Waals surface area contributed by atoms with Crippen LogP contribution in [0.4, 0.5) is 0 Å². The summed E-state index contributed by atoms with van der Waals surface area (Å²) in [5, 5.41) is 15.5. The fourth-order valence-corrected chi connectivity index (χ4v) is 15.7. The lowest BCUT2D eigenvalue weighted by Gasteiger charge is -2.36. The van der Waals surface area contributed by atoms with Crippen LogP contribution in [0.2, 0.25) is 0 Å². The minimum atomic E-state index is -0.175. The van der Waals surface area contributed by atoms with Gasteiger partial charge in [-0.25, -0.2) is 0 Å². The van der Waals surface area contributed by atoms with Gasteiger partial charge in [0.2, 0.25) is 6.71 Å². The van der Waals surface area contributed by atoms with Crippen LogP contribution in [-0.4, -0.2) is 25.0 Å². The third-order valence-electron chi connectivity index (χ3n) is 19.0. The first kappa shape index (κ1) is 45.4. The number of hydrogen-bond acceptors (Lipinski definition) is 0. The van der Waals surface area contributed by atoms with Crippen LogP contribution in [0.1, 0.15) is 26.3 Å². The Balaban J connectivity index is 1.11. The molecule has 4 nitrogen and oxygen atoms in total. The minimum Gasteiger partial charge on any atom is -0.309 e. The Morgan fingerprint density at radius 2 is 0.530 bits per heavy atom. The van der Waals surface area contributed by atoms with E-state index in [4.69, 9.17) is 0 Å². The molecule has 5 heteroatoms. The van der Waals surface area contributed by atoms with Gasteiger partial charge in [0.05, 0.1) is 44.1 Å². The van der Waals surface area contributed by atoms with Gasteiger partial charge in [0.1, 0.15) is 0 Å². The van der Waals surface area contributed by atoms with Gasteiger partial charge in [-0.2, -0.15) is 0 Å². The number of benzene rings is 13. The van der Waals surface area contributed by atoms with Crippen molar-refractivity contribution in [3.8, 4) is 45.0 Å². The standard InChI is InChI=1S/C78H51BN4/c1-78(2,3)46-40-57-55-42-65-71(51-32-16-20-36-61(51)80(65)47-24-8-4-9-25-47)75-69(55)59(44-67-73(75)53-34-18-22-38-63(53)82(67)49-28-12-6-13-29-49)79-60-45-68-74(54-35-19-23-39-64(54)83(68)50-30-14-7-15-31-50)76-70(60)56(58(41-46)77(57)79)43-66-72(76)52-33-17-21-37-62(52)81(66)48-26-10-5-11-27-48/h4-45H,1-3H3. The summed E-state index contributed by atoms with van der Waals surface area (Å²) in [5.41, 5.74) is 24.7. The van der Waals surface area contributed by atoms with Crippen LogP contribution in [0.5, 0.6) is 0 Å². The van der Waals surface area contributed by atoms with E-state index in [0.29, 0.717) is 0 Å².